The van der Waals surface area contributed by atoms with Gasteiger partial charge in [-0.1, -0.05) is 6.07 Å². The van der Waals surface area contributed by atoms with E-state index < -0.39 is 5.82 Å². The number of anilines is 1. The zero-order valence-corrected chi connectivity index (χ0v) is 10.2. The fourth-order valence-corrected chi connectivity index (χ4v) is 2.24. The van der Waals surface area contributed by atoms with Gasteiger partial charge in [0.1, 0.15) is 23.4 Å². The quantitative estimate of drug-likeness (QED) is 0.807. The molecule has 0 radical (unpaired) electrons. The van der Waals surface area contributed by atoms with E-state index >= 15 is 0 Å². The van der Waals surface area contributed by atoms with Gasteiger partial charge in [0.25, 0.3) is 0 Å². The van der Waals surface area contributed by atoms with Crippen molar-refractivity contribution in [2.75, 3.05) is 5.73 Å². The van der Waals surface area contributed by atoms with Crippen LogP contribution < -0.4 is 10.5 Å². The summed E-state index contributed by atoms with van der Waals surface area (Å²) in [5.74, 6) is -0.00745. The van der Waals surface area contributed by atoms with Crippen LogP contribution in [0.15, 0.2) is 18.2 Å². The van der Waals surface area contributed by atoms with Crippen LogP contribution in [0.2, 0.25) is 0 Å². The molecule has 0 saturated carbocycles. The lowest BCUT2D eigenvalue weighted by Crippen LogP contribution is -2.35. The number of halogens is 1. The number of rotatable bonds is 2. The third-order valence-corrected chi connectivity index (χ3v) is 2.96. The highest BCUT2D eigenvalue weighted by Gasteiger charge is 2.26. The Hall–Kier alpha value is -1.29. The first-order valence-electron chi connectivity index (χ1n) is 5.92. The van der Waals surface area contributed by atoms with Crippen molar-refractivity contribution in [3.05, 3.63) is 24.0 Å². The molecule has 1 heterocycles. The van der Waals surface area contributed by atoms with Crippen molar-refractivity contribution >= 4 is 5.69 Å². The Morgan fingerprint density at radius 3 is 2.59 bits per heavy atom. The van der Waals surface area contributed by atoms with E-state index in [0.29, 0.717) is 5.75 Å². The summed E-state index contributed by atoms with van der Waals surface area (Å²) in [4.78, 5) is 0. The Bertz CT molecular complexity index is 387. The van der Waals surface area contributed by atoms with Gasteiger partial charge < -0.3 is 15.2 Å². The molecule has 1 aromatic carbocycles. The Kier molecular flexibility index (Phi) is 3.52. The Labute approximate surface area is 101 Å². The number of nitrogen functional groups attached to an aromatic ring is 1. The first-order chi connectivity index (χ1) is 8.06. The van der Waals surface area contributed by atoms with Crippen LogP contribution in [-0.2, 0) is 4.74 Å². The molecule has 0 amide bonds. The van der Waals surface area contributed by atoms with Crippen LogP contribution in [-0.4, -0.2) is 18.3 Å². The summed E-state index contributed by atoms with van der Waals surface area (Å²) in [5.41, 5.74) is 5.72. The fraction of sp³-hybridized carbons (Fsp3) is 0.538. The molecular weight excluding hydrogens is 221 g/mol. The van der Waals surface area contributed by atoms with Gasteiger partial charge in [0, 0.05) is 12.8 Å². The Morgan fingerprint density at radius 1 is 1.29 bits per heavy atom. The van der Waals surface area contributed by atoms with Crippen LogP contribution in [0.4, 0.5) is 10.1 Å². The molecule has 2 rings (SSSR count). The second-order valence-electron chi connectivity index (χ2n) is 4.62. The molecule has 0 spiro atoms. The summed E-state index contributed by atoms with van der Waals surface area (Å²) in [5, 5.41) is 0. The van der Waals surface area contributed by atoms with Gasteiger partial charge in [-0.3, -0.25) is 0 Å². The minimum Gasteiger partial charge on any atom is -0.488 e. The molecule has 1 aromatic rings. The van der Waals surface area contributed by atoms with E-state index in [4.69, 9.17) is 15.2 Å². The van der Waals surface area contributed by atoms with E-state index in [1.807, 2.05) is 13.8 Å². The molecule has 0 bridgehead atoms. The van der Waals surface area contributed by atoms with Gasteiger partial charge >= 0.3 is 0 Å². The topological polar surface area (TPSA) is 44.5 Å². The molecule has 3 nitrogen and oxygen atoms in total. The minimum absolute atomic E-state index is 0.0397. The lowest BCUT2D eigenvalue weighted by Gasteiger charge is -2.32. The monoisotopic (exact) mass is 239 g/mol. The third-order valence-electron chi connectivity index (χ3n) is 2.96. The van der Waals surface area contributed by atoms with Crippen LogP contribution in [0, 0.1) is 5.82 Å². The largest absolute Gasteiger partial charge is 0.488 e. The predicted octanol–water partition coefficient (Wildman–Crippen LogP) is 2.74. The van der Waals surface area contributed by atoms with Gasteiger partial charge in [-0.15, -0.1) is 0 Å². The van der Waals surface area contributed by atoms with Crippen molar-refractivity contribution < 1.29 is 13.9 Å². The van der Waals surface area contributed by atoms with Crippen molar-refractivity contribution in [1.29, 1.82) is 0 Å². The zero-order valence-electron chi connectivity index (χ0n) is 10.2. The summed E-state index contributed by atoms with van der Waals surface area (Å²) in [6, 6.07) is 4.63. The number of benzene rings is 1. The first kappa shape index (κ1) is 12.2. The maximum absolute atomic E-state index is 13.3. The molecule has 4 heteroatoms. The molecule has 0 aromatic heterocycles. The van der Waals surface area contributed by atoms with Gasteiger partial charge in [0.2, 0.25) is 0 Å². The lowest BCUT2D eigenvalue weighted by molar-refractivity contribution is -0.0720. The zero-order chi connectivity index (χ0) is 12.4. The highest BCUT2D eigenvalue weighted by molar-refractivity contribution is 5.53. The number of para-hydroxylation sites is 1. The van der Waals surface area contributed by atoms with E-state index in [-0.39, 0.29) is 24.0 Å². The van der Waals surface area contributed by atoms with Gasteiger partial charge in [-0.25, -0.2) is 4.39 Å². The molecule has 1 aliphatic heterocycles. The number of nitrogens with two attached hydrogens (primary N) is 1. The van der Waals surface area contributed by atoms with E-state index in [9.17, 15) is 4.39 Å². The number of ether oxygens (including phenoxy) is 2. The smallest absolute Gasteiger partial charge is 0.149 e. The minimum atomic E-state index is -0.435. The predicted molar refractivity (Wildman–Crippen MR) is 64.5 cm³/mol. The second kappa shape index (κ2) is 4.92. The number of hydrogen-bond acceptors (Lipinski definition) is 3. The van der Waals surface area contributed by atoms with Gasteiger partial charge in [-0.05, 0) is 26.0 Å². The van der Waals surface area contributed by atoms with E-state index in [1.54, 1.807) is 12.1 Å². The molecule has 1 aliphatic rings. The summed E-state index contributed by atoms with van der Waals surface area (Å²) < 4.78 is 24.6. The molecule has 2 unspecified atom stereocenters. The van der Waals surface area contributed by atoms with Crippen molar-refractivity contribution in [3.63, 3.8) is 0 Å². The average molecular weight is 239 g/mol. The lowest BCUT2D eigenvalue weighted by atomic mass is 10.0. The number of hydrogen-bond donors (Lipinski definition) is 1. The van der Waals surface area contributed by atoms with Gasteiger partial charge in [0.15, 0.2) is 0 Å². The summed E-state index contributed by atoms with van der Waals surface area (Å²) >= 11 is 0. The average Bonchev–Trinajstić information content (AvgIpc) is 2.23. The van der Waals surface area contributed by atoms with Gasteiger partial charge in [0.05, 0.1) is 12.2 Å². The normalized spacial score (nSPS) is 29.0. The molecule has 1 saturated heterocycles. The summed E-state index contributed by atoms with van der Waals surface area (Å²) in [6.07, 6.45) is 1.98. The summed E-state index contributed by atoms with van der Waals surface area (Å²) in [6.45, 7) is 4.03. The van der Waals surface area contributed by atoms with Crippen LogP contribution in [0.3, 0.4) is 0 Å². The fourth-order valence-electron chi connectivity index (χ4n) is 2.24. The SMILES string of the molecule is CC1CC(Oc2cccc(F)c2N)CC(C)O1. The van der Waals surface area contributed by atoms with Crippen LogP contribution in [0.1, 0.15) is 26.7 Å². The standard InChI is InChI=1S/C13H18FNO2/c1-8-6-10(7-9(2)16-8)17-12-5-3-4-11(14)13(12)15/h3-5,8-10H,6-7,15H2,1-2H3. The third kappa shape index (κ3) is 2.88. The van der Waals surface area contributed by atoms with E-state index in [1.165, 1.54) is 6.07 Å². The Morgan fingerprint density at radius 2 is 1.94 bits per heavy atom. The molecule has 0 aliphatic carbocycles. The highest BCUT2D eigenvalue weighted by Crippen LogP contribution is 2.29. The maximum atomic E-state index is 13.3. The van der Waals surface area contributed by atoms with E-state index in [2.05, 4.69) is 0 Å². The van der Waals surface area contributed by atoms with Crippen molar-refractivity contribution in [3.8, 4) is 5.75 Å². The summed E-state index contributed by atoms with van der Waals surface area (Å²) in [7, 11) is 0. The van der Waals surface area contributed by atoms with Crippen molar-refractivity contribution in [2.45, 2.75) is 45.0 Å². The van der Waals surface area contributed by atoms with Crippen molar-refractivity contribution in [1.82, 2.24) is 0 Å². The molecule has 17 heavy (non-hydrogen) atoms. The van der Waals surface area contributed by atoms with Crippen LogP contribution >= 0.6 is 0 Å². The maximum Gasteiger partial charge on any atom is 0.149 e. The first-order valence-corrected chi connectivity index (χ1v) is 5.92. The van der Waals surface area contributed by atoms with E-state index in [0.717, 1.165) is 12.8 Å². The molecule has 94 valence electrons. The molecule has 1 fully saturated rings. The molecule has 2 atom stereocenters. The van der Waals surface area contributed by atoms with Gasteiger partial charge in [-0.2, -0.15) is 0 Å². The molecule has 2 N–H and O–H groups in total. The second-order valence-corrected chi connectivity index (χ2v) is 4.62. The van der Waals surface area contributed by atoms with Crippen LogP contribution in [0.25, 0.3) is 0 Å². The van der Waals surface area contributed by atoms with Crippen molar-refractivity contribution in [2.24, 2.45) is 0 Å². The highest BCUT2D eigenvalue weighted by atomic mass is 19.1. The van der Waals surface area contributed by atoms with Crippen LogP contribution in [0.5, 0.6) is 5.75 Å². The Balaban J connectivity index is 2.07. The molecular formula is C13H18FNO2.